The smallest absolute Gasteiger partial charge is 0.272 e. The number of thioether (sulfide) groups is 1. The minimum absolute atomic E-state index is 0.0225. The Bertz CT molecular complexity index is 1570. The van der Waals surface area contributed by atoms with E-state index in [0.717, 1.165) is 17.3 Å². The summed E-state index contributed by atoms with van der Waals surface area (Å²) in [5, 5.41) is 9.98. The van der Waals surface area contributed by atoms with E-state index in [1.807, 2.05) is 16.1 Å². The van der Waals surface area contributed by atoms with Crippen molar-refractivity contribution in [2.75, 3.05) is 10.6 Å². The lowest BCUT2D eigenvalue weighted by molar-refractivity contribution is -0.115. The maximum absolute atomic E-state index is 13.9. The number of carbonyl (C=O) groups is 3. The fraction of sp³-hybridized carbons (Fsp3) is 0.0690. The normalized spacial score (nSPS) is 12.0. The van der Waals surface area contributed by atoms with Crippen molar-refractivity contribution in [3.63, 3.8) is 0 Å². The van der Waals surface area contributed by atoms with Gasteiger partial charge in [-0.25, -0.2) is 17.6 Å². The molecule has 0 aliphatic rings. The van der Waals surface area contributed by atoms with Crippen molar-refractivity contribution in [2.24, 2.45) is 0 Å². The Morgan fingerprint density at radius 3 is 2.15 bits per heavy atom. The summed E-state index contributed by atoms with van der Waals surface area (Å²) in [4.78, 5) is 38.8. The Morgan fingerprint density at radius 2 is 1.54 bits per heavy atom. The number of hydrogen-bond donors (Lipinski definition) is 3. The largest absolute Gasteiger partial charge is 0.321 e. The van der Waals surface area contributed by atoms with E-state index in [4.69, 9.17) is 0 Å². The molecule has 4 aromatic rings. The summed E-state index contributed by atoms with van der Waals surface area (Å²) in [5.74, 6) is -8.59. The quantitative estimate of drug-likeness (QED) is 0.0852. The van der Waals surface area contributed by atoms with Crippen LogP contribution in [0.25, 0.3) is 6.08 Å². The summed E-state index contributed by atoms with van der Waals surface area (Å²) >= 11 is 2.44. The number of thiophene rings is 1. The zero-order chi connectivity index (χ0) is 29.5. The maximum atomic E-state index is 13.9. The van der Waals surface area contributed by atoms with E-state index in [0.29, 0.717) is 16.1 Å². The molecular formula is C29H21F4N3O3S2. The predicted octanol–water partition coefficient (Wildman–Crippen LogP) is 6.83. The van der Waals surface area contributed by atoms with E-state index in [9.17, 15) is 31.9 Å². The van der Waals surface area contributed by atoms with Crippen LogP contribution in [0.2, 0.25) is 0 Å². The third-order valence-corrected chi connectivity index (χ3v) is 7.35. The first-order valence-corrected chi connectivity index (χ1v) is 13.8. The highest BCUT2D eigenvalue weighted by molar-refractivity contribution is 8.00. The molecule has 0 saturated carbocycles. The lowest BCUT2D eigenvalue weighted by Gasteiger charge is -2.14. The lowest BCUT2D eigenvalue weighted by Crippen LogP contribution is -2.30. The van der Waals surface area contributed by atoms with Gasteiger partial charge in [0.05, 0.1) is 5.25 Å². The van der Waals surface area contributed by atoms with Crippen LogP contribution in [0.5, 0.6) is 0 Å². The molecular weight excluding hydrogens is 578 g/mol. The Morgan fingerprint density at radius 1 is 0.878 bits per heavy atom. The van der Waals surface area contributed by atoms with Gasteiger partial charge in [-0.2, -0.15) is 11.3 Å². The van der Waals surface area contributed by atoms with Crippen molar-refractivity contribution >= 4 is 58.3 Å². The summed E-state index contributed by atoms with van der Waals surface area (Å²) in [7, 11) is 0. The number of benzene rings is 3. The number of rotatable bonds is 9. The molecule has 1 heterocycles. The van der Waals surface area contributed by atoms with Gasteiger partial charge in [-0.15, -0.1) is 11.8 Å². The van der Waals surface area contributed by atoms with Crippen molar-refractivity contribution < 1.29 is 31.9 Å². The maximum Gasteiger partial charge on any atom is 0.272 e. The molecule has 0 aliphatic carbocycles. The summed E-state index contributed by atoms with van der Waals surface area (Å²) < 4.78 is 54.7. The van der Waals surface area contributed by atoms with E-state index in [2.05, 4.69) is 10.6 Å². The zero-order valence-electron chi connectivity index (χ0n) is 21.2. The summed E-state index contributed by atoms with van der Waals surface area (Å²) in [6, 6.07) is 16.6. The van der Waals surface area contributed by atoms with Gasteiger partial charge in [-0.3, -0.25) is 14.4 Å². The molecule has 0 aliphatic heterocycles. The predicted molar refractivity (Wildman–Crippen MR) is 151 cm³/mol. The van der Waals surface area contributed by atoms with Gasteiger partial charge in [0, 0.05) is 22.2 Å². The fourth-order valence-electron chi connectivity index (χ4n) is 3.45. The average Bonchev–Trinajstić information content (AvgIpc) is 3.48. The lowest BCUT2D eigenvalue weighted by atomic mass is 10.2. The second kappa shape index (κ2) is 13.3. The monoisotopic (exact) mass is 599 g/mol. The van der Waals surface area contributed by atoms with Gasteiger partial charge in [-0.1, -0.05) is 18.2 Å². The molecule has 4 rings (SSSR count). The van der Waals surface area contributed by atoms with Crippen LogP contribution in [0.3, 0.4) is 0 Å². The Kier molecular flexibility index (Phi) is 9.58. The number of carbonyl (C=O) groups excluding carboxylic acids is 3. The molecule has 1 atom stereocenters. The summed E-state index contributed by atoms with van der Waals surface area (Å²) in [6.45, 7) is 1.44. The van der Waals surface area contributed by atoms with E-state index >= 15 is 0 Å². The molecule has 0 saturated heterocycles. The van der Waals surface area contributed by atoms with Crippen LogP contribution in [0.15, 0.2) is 88.1 Å². The SMILES string of the molecule is CC(Sc1ccc(NC(=O)/C(=C/c2ccsc2)NC(=O)c2ccccc2)cc1)C(=O)Nc1c(F)c(F)cc(F)c1F. The molecule has 0 fully saturated rings. The minimum Gasteiger partial charge on any atom is -0.321 e. The van der Waals surface area contributed by atoms with Crippen LogP contribution in [0.4, 0.5) is 28.9 Å². The number of anilines is 2. The molecule has 3 amide bonds. The molecule has 12 heteroatoms. The van der Waals surface area contributed by atoms with Gasteiger partial charge in [0.15, 0.2) is 23.3 Å². The van der Waals surface area contributed by atoms with E-state index in [1.165, 1.54) is 18.3 Å². The second-order valence-corrected chi connectivity index (χ2v) is 10.7. The third kappa shape index (κ3) is 7.62. The number of amides is 3. The van der Waals surface area contributed by atoms with Crippen LogP contribution >= 0.6 is 23.1 Å². The molecule has 0 radical (unpaired) electrons. The first-order chi connectivity index (χ1) is 19.6. The van der Waals surface area contributed by atoms with Crippen molar-refractivity contribution in [2.45, 2.75) is 17.1 Å². The van der Waals surface area contributed by atoms with Crippen LogP contribution in [0.1, 0.15) is 22.8 Å². The standard InChI is InChI=1S/C29H21F4N3O3S2/c1-16(27(37)36-26-24(32)21(30)14-22(31)25(26)33)41-20-9-7-19(8-10-20)34-29(39)23(13-17-11-12-40-15-17)35-28(38)18-5-3-2-4-6-18/h2-16H,1H3,(H,34,39)(H,35,38)(H,36,37)/b23-13-. The molecule has 41 heavy (non-hydrogen) atoms. The highest BCUT2D eigenvalue weighted by Crippen LogP contribution is 2.28. The fourth-order valence-corrected chi connectivity index (χ4v) is 4.93. The van der Waals surface area contributed by atoms with Crippen molar-refractivity contribution in [3.8, 4) is 0 Å². The van der Waals surface area contributed by atoms with Gasteiger partial charge in [0.1, 0.15) is 11.4 Å². The Hall–Kier alpha value is -4.42. The zero-order valence-corrected chi connectivity index (χ0v) is 22.8. The first kappa shape index (κ1) is 29.6. The van der Waals surface area contributed by atoms with Crippen LogP contribution in [-0.4, -0.2) is 23.0 Å². The molecule has 0 spiro atoms. The first-order valence-electron chi connectivity index (χ1n) is 11.9. The van der Waals surface area contributed by atoms with Crippen molar-refractivity contribution in [1.29, 1.82) is 0 Å². The summed E-state index contributed by atoms with van der Waals surface area (Å²) in [5.41, 5.74) is 0.316. The number of halogens is 4. The van der Waals surface area contributed by atoms with Gasteiger partial charge in [0.25, 0.3) is 11.8 Å². The average molecular weight is 600 g/mol. The van der Waals surface area contributed by atoms with Crippen LogP contribution in [0, 0.1) is 23.3 Å². The highest BCUT2D eigenvalue weighted by Gasteiger charge is 2.23. The molecule has 3 aromatic carbocycles. The molecule has 1 unspecified atom stereocenters. The molecule has 0 bridgehead atoms. The molecule has 1 aromatic heterocycles. The topological polar surface area (TPSA) is 87.3 Å². The van der Waals surface area contributed by atoms with Gasteiger partial charge >= 0.3 is 0 Å². The molecule has 3 N–H and O–H groups in total. The van der Waals surface area contributed by atoms with Gasteiger partial charge < -0.3 is 16.0 Å². The number of hydrogen-bond acceptors (Lipinski definition) is 5. The molecule has 210 valence electrons. The number of nitrogens with one attached hydrogen (secondary N) is 3. The van der Waals surface area contributed by atoms with Gasteiger partial charge in [0.2, 0.25) is 5.91 Å². The summed E-state index contributed by atoms with van der Waals surface area (Å²) in [6.07, 6.45) is 1.55. The Balaban J connectivity index is 1.41. The van der Waals surface area contributed by atoms with E-state index in [1.54, 1.807) is 66.7 Å². The Labute approximate surface area is 240 Å². The van der Waals surface area contributed by atoms with Gasteiger partial charge in [-0.05, 0) is 71.8 Å². The van der Waals surface area contributed by atoms with E-state index < -0.39 is 51.9 Å². The second-order valence-electron chi connectivity index (χ2n) is 8.51. The van der Waals surface area contributed by atoms with Crippen LogP contribution in [-0.2, 0) is 9.59 Å². The minimum atomic E-state index is -1.71. The highest BCUT2D eigenvalue weighted by atomic mass is 32.2. The van der Waals surface area contributed by atoms with E-state index in [-0.39, 0.29) is 11.8 Å². The molecule has 6 nitrogen and oxygen atoms in total. The van der Waals surface area contributed by atoms with Crippen molar-refractivity contribution in [1.82, 2.24) is 5.32 Å². The van der Waals surface area contributed by atoms with Crippen LogP contribution < -0.4 is 16.0 Å². The third-order valence-electron chi connectivity index (χ3n) is 5.54. The van der Waals surface area contributed by atoms with Crippen molar-refractivity contribution in [3.05, 3.63) is 118 Å².